The van der Waals surface area contributed by atoms with E-state index in [9.17, 15) is 0 Å². The van der Waals surface area contributed by atoms with Crippen molar-refractivity contribution in [3.05, 3.63) is 0 Å². The molecule has 0 heterocycles. The molecule has 0 radical (unpaired) electrons. The first-order chi connectivity index (χ1) is 4.77. The van der Waals surface area contributed by atoms with Gasteiger partial charge in [-0.1, -0.05) is 48.9 Å². The zero-order valence-corrected chi connectivity index (χ0v) is 7.67. The lowest BCUT2D eigenvalue weighted by molar-refractivity contribution is 0.737. The van der Waals surface area contributed by atoms with E-state index >= 15 is 0 Å². The summed E-state index contributed by atoms with van der Waals surface area (Å²) in [6, 6.07) is 0. The molecule has 0 aromatic carbocycles. The quantitative estimate of drug-likeness (QED) is 0.354. The Bertz CT molecular complexity index is 119. The molecule has 0 fully saturated rings. The van der Waals surface area contributed by atoms with Gasteiger partial charge >= 0.3 is 0 Å². The number of unbranched alkanes of at least 4 members (excludes halogenated alkanes) is 3. The first kappa shape index (κ1) is 10.1. The molecule has 0 spiro atoms. The van der Waals surface area contributed by atoms with Crippen LogP contribution in [0.15, 0.2) is 0 Å². The van der Waals surface area contributed by atoms with E-state index in [4.69, 9.17) is 23.2 Å². The monoisotopic (exact) mass is 178 g/mol. The molecule has 58 valence electrons. The van der Waals surface area contributed by atoms with Crippen LogP contribution in [-0.4, -0.2) is 4.84 Å². The molecule has 0 aliphatic carbocycles. The Labute approximate surface area is 72.9 Å². The van der Waals surface area contributed by atoms with Crippen LogP contribution >= 0.6 is 23.2 Å². The Hall–Kier alpha value is 0.140. The lowest BCUT2D eigenvalue weighted by atomic mass is 10.2. The van der Waals surface area contributed by atoms with Crippen LogP contribution in [0.4, 0.5) is 0 Å². The Morgan fingerprint density at radius 2 is 2.00 bits per heavy atom. The molecule has 0 aromatic heterocycles. The van der Waals surface area contributed by atoms with Gasteiger partial charge in [0.15, 0.2) is 4.84 Å². The molecular formula is C8H12Cl2. The zero-order valence-electron chi connectivity index (χ0n) is 6.16. The van der Waals surface area contributed by atoms with E-state index in [1.54, 1.807) is 0 Å². The maximum atomic E-state index is 5.38. The molecular weight excluding hydrogens is 167 g/mol. The highest BCUT2D eigenvalue weighted by atomic mass is 35.5. The van der Waals surface area contributed by atoms with E-state index in [0.717, 1.165) is 12.8 Å². The Balaban J connectivity index is 3.12. The standard InChI is InChI=1S/C8H12Cl2/c1-2-3-4-5-6-7-8(9)10/h8H,2-5H2,1H3. The van der Waals surface area contributed by atoms with Gasteiger partial charge in [-0.25, -0.2) is 0 Å². The summed E-state index contributed by atoms with van der Waals surface area (Å²) >= 11 is 10.8. The third-order valence-corrected chi connectivity index (χ3v) is 1.33. The summed E-state index contributed by atoms with van der Waals surface area (Å²) in [6.45, 7) is 2.17. The predicted molar refractivity (Wildman–Crippen MR) is 47.4 cm³/mol. The fourth-order valence-corrected chi connectivity index (χ4v) is 0.767. The molecule has 0 N–H and O–H groups in total. The van der Waals surface area contributed by atoms with E-state index in [1.807, 2.05) is 0 Å². The van der Waals surface area contributed by atoms with Gasteiger partial charge < -0.3 is 0 Å². The molecule has 0 amide bonds. The van der Waals surface area contributed by atoms with E-state index in [-0.39, 0.29) is 0 Å². The van der Waals surface area contributed by atoms with E-state index < -0.39 is 4.84 Å². The molecule has 0 saturated carbocycles. The zero-order chi connectivity index (χ0) is 7.82. The summed E-state index contributed by atoms with van der Waals surface area (Å²) in [5, 5.41) is 0. The van der Waals surface area contributed by atoms with Crippen LogP contribution in [0.2, 0.25) is 0 Å². The van der Waals surface area contributed by atoms with Crippen LogP contribution in [0.1, 0.15) is 32.6 Å². The highest BCUT2D eigenvalue weighted by Gasteiger charge is 1.86. The van der Waals surface area contributed by atoms with Crippen LogP contribution in [-0.2, 0) is 0 Å². The summed E-state index contributed by atoms with van der Waals surface area (Å²) in [7, 11) is 0. The Morgan fingerprint density at radius 3 is 2.50 bits per heavy atom. The van der Waals surface area contributed by atoms with Gasteiger partial charge in [0.05, 0.1) is 0 Å². The second-order valence-electron chi connectivity index (χ2n) is 2.08. The molecule has 0 bridgehead atoms. The molecule has 2 heteroatoms. The highest BCUT2D eigenvalue weighted by molar-refractivity contribution is 6.46. The second kappa shape index (κ2) is 7.25. The molecule has 10 heavy (non-hydrogen) atoms. The van der Waals surface area contributed by atoms with Gasteiger partial charge in [-0.2, -0.15) is 0 Å². The molecule has 0 saturated heterocycles. The van der Waals surface area contributed by atoms with Gasteiger partial charge in [-0.15, -0.1) is 5.92 Å². The Morgan fingerprint density at radius 1 is 1.30 bits per heavy atom. The SMILES string of the molecule is CCCCCC#CC(Cl)Cl. The van der Waals surface area contributed by atoms with Crippen LogP contribution < -0.4 is 0 Å². The van der Waals surface area contributed by atoms with Gasteiger partial charge in [-0.3, -0.25) is 0 Å². The summed E-state index contributed by atoms with van der Waals surface area (Å²) in [4.78, 5) is -0.512. The molecule has 0 nitrogen and oxygen atoms in total. The van der Waals surface area contributed by atoms with Crippen LogP contribution in [0, 0.1) is 11.8 Å². The molecule has 0 unspecified atom stereocenters. The smallest absolute Gasteiger partial charge is 0.100 e. The third kappa shape index (κ3) is 8.14. The number of hydrogen-bond donors (Lipinski definition) is 0. The van der Waals surface area contributed by atoms with Crippen LogP contribution in [0.3, 0.4) is 0 Å². The normalized spacial score (nSPS) is 9.20. The van der Waals surface area contributed by atoms with Crippen molar-refractivity contribution in [2.75, 3.05) is 0 Å². The highest BCUT2D eigenvalue weighted by Crippen LogP contribution is 2.00. The largest absolute Gasteiger partial charge is 0.167 e. The second-order valence-corrected chi connectivity index (χ2v) is 3.18. The predicted octanol–water partition coefficient (Wildman–Crippen LogP) is 3.37. The molecule has 0 aliphatic heterocycles. The summed E-state index contributed by atoms with van der Waals surface area (Å²) in [5.41, 5.74) is 0. The van der Waals surface area contributed by atoms with E-state index in [0.29, 0.717) is 0 Å². The van der Waals surface area contributed by atoms with E-state index in [1.165, 1.54) is 12.8 Å². The first-order valence-electron chi connectivity index (χ1n) is 3.54. The summed E-state index contributed by atoms with van der Waals surface area (Å²) in [6.07, 6.45) is 4.55. The molecule has 0 aliphatic rings. The lowest BCUT2D eigenvalue weighted by Gasteiger charge is -1.88. The van der Waals surface area contributed by atoms with Crippen molar-refractivity contribution in [2.24, 2.45) is 0 Å². The summed E-state index contributed by atoms with van der Waals surface area (Å²) in [5.74, 6) is 5.59. The van der Waals surface area contributed by atoms with Gasteiger partial charge in [0.2, 0.25) is 0 Å². The maximum Gasteiger partial charge on any atom is 0.167 e. The number of alkyl halides is 2. The fraction of sp³-hybridized carbons (Fsp3) is 0.750. The van der Waals surface area contributed by atoms with Gasteiger partial charge in [-0.05, 0) is 6.42 Å². The van der Waals surface area contributed by atoms with Crippen molar-refractivity contribution in [2.45, 2.75) is 37.4 Å². The minimum absolute atomic E-state index is 0.512. The topological polar surface area (TPSA) is 0 Å². The minimum Gasteiger partial charge on any atom is -0.100 e. The van der Waals surface area contributed by atoms with Gasteiger partial charge in [0, 0.05) is 6.42 Å². The maximum absolute atomic E-state index is 5.38. The van der Waals surface area contributed by atoms with Crippen molar-refractivity contribution < 1.29 is 0 Å². The Kier molecular flexibility index (Phi) is 7.35. The summed E-state index contributed by atoms with van der Waals surface area (Å²) < 4.78 is 0. The van der Waals surface area contributed by atoms with Crippen molar-refractivity contribution >= 4 is 23.2 Å². The molecule has 0 atom stereocenters. The van der Waals surface area contributed by atoms with Crippen molar-refractivity contribution in [1.29, 1.82) is 0 Å². The average molecular weight is 179 g/mol. The van der Waals surface area contributed by atoms with Gasteiger partial charge in [0.25, 0.3) is 0 Å². The van der Waals surface area contributed by atoms with E-state index in [2.05, 4.69) is 18.8 Å². The molecule has 0 rings (SSSR count). The van der Waals surface area contributed by atoms with Gasteiger partial charge in [0.1, 0.15) is 0 Å². The number of hydrogen-bond acceptors (Lipinski definition) is 0. The van der Waals surface area contributed by atoms with Crippen molar-refractivity contribution in [3.63, 3.8) is 0 Å². The minimum atomic E-state index is -0.512. The van der Waals surface area contributed by atoms with Crippen molar-refractivity contribution in [1.82, 2.24) is 0 Å². The third-order valence-electron chi connectivity index (χ3n) is 1.12. The number of rotatable bonds is 3. The first-order valence-corrected chi connectivity index (χ1v) is 4.41. The lowest BCUT2D eigenvalue weighted by Crippen LogP contribution is -1.77. The van der Waals surface area contributed by atoms with Crippen LogP contribution in [0.5, 0.6) is 0 Å². The molecule has 0 aromatic rings. The average Bonchev–Trinajstić information content (AvgIpc) is 1.87. The fourth-order valence-electron chi connectivity index (χ4n) is 0.613. The van der Waals surface area contributed by atoms with Crippen LogP contribution in [0.25, 0.3) is 0 Å². The number of halogens is 2. The van der Waals surface area contributed by atoms with Crippen molar-refractivity contribution in [3.8, 4) is 11.8 Å².